The molecule has 1 aromatic heterocycles. The Morgan fingerprint density at radius 2 is 1.93 bits per heavy atom. The van der Waals surface area contributed by atoms with E-state index in [4.69, 9.17) is 11.6 Å². The third-order valence-electron chi connectivity index (χ3n) is 3.71. The van der Waals surface area contributed by atoms with Crippen LogP contribution in [-0.4, -0.2) is 18.1 Å². The molecule has 0 N–H and O–H groups in total. The highest BCUT2D eigenvalue weighted by Gasteiger charge is 2.35. The molecule has 2 atom stereocenters. The van der Waals surface area contributed by atoms with Gasteiger partial charge in [0.1, 0.15) is 5.15 Å². The van der Waals surface area contributed by atoms with Crippen molar-refractivity contribution in [1.29, 1.82) is 0 Å². The summed E-state index contributed by atoms with van der Waals surface area (Å²) in [6, 6.07) is 0. The summed E-state index contributed by atoms with van der Waals surface area (Å²) in [5.74, 6) is 1.84. The van der Waals surface area contributed by atoms with Crippen LogP contribution in [0.15, 0.2) is 5.38 Å². The van der Waals surface area contributed by atoms with Crippen molar-refractivity contribution < 1.29 is 0 Å². The Labute approximate surface area is 99.3 Å². The smallest absolute Gasteiger partial charge is 0.186 e. The number of fused-ring (bicyclic) bond motifs is 1. The van der Waals surface area contributed by atoms with E-state index < -0.39 is 0 Å². The van der Waals surface area contributed by atoms with Crippen LogP contribution in [0.2, 0.25) is 5.15 Å². The minimum atomic E-state index is 0.643. The lowest BCUT2D eigenvalue weighted by atomic mass is 9.82. The number of nitrogens with zero attached hydrogens (tertiary/aromatic N) is 2. The molecule has 82 valence electrons. The van der Waals surface area contributed by atoms with E-state index in [2.05, 4.69) is 9.88 Å². The van der Waals surface area contributed by atoms with Crippen molar-refractivity contribution in [2.45, 2.75) is 25.7 Å². The van der Waals surface area contributed by atoms with Crippen LogP contribution in [-0.2, 0) is 0 Å². The first kappa shape index (κ1) is 9.91. The van der Waals surface area contributed by atoms with E-state index in [1.165, 1.54) is 38.8 Å². The summed E-state index contributed by atoms with van der Waals surface area (Å²) in [5.41, 5.74) is 0. The van der Waals surface area contributed by atoms with E-state index in [1.54, 1.807) is 11.3 Å². The Morgan fingerprint density at radius 3 is 2.47 bits per heavy atom. The Hall–Kier alpha value is -0.280. The topological polar surface area (TPSA) is 16.1 Å². The second-order valence-corrected chi connectivity index (χ2v) is 5.89. The van der Waals surface area contributed by atoms with Crippen LogP contribution in [0.1, 0.15) is 25.7 Å². The molecule has 1 aromatic rings. The highest BCUT2D eigenvalue weighted by molar-refractivity contribution is 7.14. The Morgan fingerprint density at radius 1 is 1.27 bits per heavy atom. The van der Waals surface area contributed by atoms with Crippen LogP contribution in [0.4, 0.5) is 5.13 Å². The molecule has 0 spiro atoms. The van der Waals surface area contributed by atoms with E-state index in [1.807, 2.05) is 5.38 Å². The monoisotopic (exact) mass is 242 g/mol. The Balaban J connectivity index is 1.74. The summed E-state index contributed by atoms with van der Waals surface area (Å²) >= 11 is 7.54. The average Bonchev–Trinajstić information content (AvgIpc) is 2.82. The summed E-state index contributed by atoms with van der Waals surface area (Å²) in [6.07, 6.45) is 5.68. The van der Waals surface area contributed by atoms with Gasteiger partial charge in [-0.25, -0.2) is 4.98 Å². The molecule has 2 heterocycles. The molecular formula is C11H15ClN2S. The number of thiazole rings is 1. The number of anilines is 1. The highest BCUT2D eigenvalue weighted by atomic mass is 35.5. The number of aromatic nitrogens is 1. The van der Waals surface area contributed by atoms with Crippen molar-refractivity contribution in [1.82, 2.24) is 4.98 Å². The van der Waals surface area contributed by atoms with Crippen LogP contribution in [0, 0.1) is 11.8 Å². The second-order valence-electron chi connectivity index (χ2n) is 4.66. The number of rotatable bonds is 1. The first-order valence-corrected chi connectivity index (χ1v) is 6.94. The molecule has 2 fully saturated rings. The third-order valence-corrected chi connectivity index (χ3v) is 4.94. The lowest BCUT2D eigenvalue weighted by Crippen LogP contribution is -2.19. The van der Waals surface area contributed by atoms with E-state index >= 15 is 0 Å². The van der Waals surface area contributed by atoms with E-state index in [9.17, 15) is 0 Å². The fourth-order valence-electron chi connectivity index (χ4n) is 2.95. The van der Waals surface area contributed by atoms with Crippen molar-refractivity contribution >= 4 is 28.1 Å². The van der Waals surface area contributed by atoms with Gasteiger partial charge in [0.2, 0.25) is 0 Å². The summed E-state index contributed by atoms with van der Waals surface area (Å²) in [7, 11) is 0. The number of hydrogen-bond acceptors (Lipinski definition) is 3. The molecule has 2 unspecified atom stereocenters. The first-order valence-electron chi connectivity index (χ1n) is 5.69. The fourth-order valence-corrected chi connectivity index (χ4v) is 3.92. The van der Waals surface area contributed by atoms with Crippen LogP contribution in [0.5, 0.6) is 0 Å². The molecule has 1 saturated carbocycles. The minimum absolute atomic E-state index is 0.643. The van der Waals surface area contributed by atoms with Gasteiger partial charge in [0.25, 0.3) is 0 Å². The highest BCUT2D eigenvalue weighted by Crippen LogP contribution is 2.38. The SMILES string of the molecule is Clc1csc(N2CC3CCCCC3C2)n1. The van der Waals surface area contributed by atoms with Crippen molar-refractivity contribution in [2.24, 2.45) is 11.8 Å². The molecule has 1 aliphatic heterocycles. The summed E-state index contributed by atoms with van der Waals surface area (Å²) in [6.45, 7) is 2.41. The maximum absolute atomic E-state index is 5.86. The second kappa shape index (κ2) is 3.95. The molecular weight excluding hydrogens is 228 g/mol. The van der Waals surface area contributed by atoms with Gasteiger partial charge in [0.15, 0.2) is 5.13 Å². The van der Waals surface area contributed by atoms with Crippen LogP contribution in [0.25, 0.3) is 0 Å². The zero-order valence-electron chi connectivity index (χ0n) is 8.66. The molecule has 0 radical (unpaired) electrons. The predicted molar refractivity (Wildman–Crippen MR) is 64.8 cm³/mol. The van der Waals surface area contributed by atoms with Gasteiger partial charge in [-0.1, -0.05) is 24.4 Å². The van der Waals surface area contributed by atoms with E-state index in [0.29, 0.717) is 5.15 Å². The zero-order valence-corrected chi connectivity index (χ0v) is 10.2. The Kier molecular flexibility index (Phi) is 2.61. The fraction of sp³-hybridized carbons (Fsp3) is 0.727. The molecule has 4 heteroatoms. The molecule has 0 aromatic carbocycles. The van der Waals surface area contributed by atoms with Crippen LogP contribution < -0.4 is 4.90 Å². The van der Waals surface area contributed by atoms with Crippen molar-refractivity contribution in [3.63, 3.8) is 0 Å². The van der Waals surface area contributed by atoms with Gasteiger partial charge in [-0.15, -0.1) is 11.3 Å². The molecule has 15 heavy (non-hydrogen) atoms. The molecule has 3 rings (SSSR count). The van der Waals surface area contributed by atoms with Gasteiger partial charge in [0.05, 0.1) is 0 Å². The van der Waals surface area contributed by atoms with Gasteiger partial charge < -0.3 is 4.90 Å². The first-order chi connectivity index (χ1) is 7.33. The van der Waals surface area contributed by atoms with Gasteiger partial charge >= 0.3 is 0 Å². The van der Waals surface area contributed by atoms with Gasteiger partial charge in [-0.05, 0) is 24.7 Å². The molecule has 1 saturated heterocycles. The average molecular weight is 243 g/mol. The maximum Gasteiger partial charge on any atom is 0.186 e. The number of halogens is 1. The molecule has 0 bridgehead atoms. The van der Waals surface area contributed by atoms with Crippen LogP contribution >= 0.6 is 22.9 Å². The van der Waals surface area contributed by atoms with Crippen LogP contribution in [0.3, 0.4) is 0 Å². The quantitative estimate of drug-likeness (QED) is 0.750. The molecule has 0 amide bonds. The van der Waals surface area contributed by atoms with Gasteiger partial charge in [-0.3, -0.25) is 0 Å². The normalized spacial score (nSPS) is 30.6. The maximum atomic E-state index is 5.86. The summed E-state index contributed by atoms with van der Waals surface area (Å²) in [5, 5.41) is 3.69. The molecule has 2 nitrogen and oxygen atoms in total. The molecule has 2 aliphatic rings. The minimum Gasteiger partial charge on any atom is -0.347 e. The third kappa shape index (κ3) is 1.87. The Bertz CT molecular complexity index is 338. The van der Waals surface area contributed by atoms with Gasteiger partial charge in [-0.2, -0.15) is 0 Å². The van der Waals surface area contributed by atoms with Crippen molar-refractivity contribution in [3.8, 4) is 0 Å². The van der Waals surface area contributed by atoms with Crippen molar-refractivity contribution in [3.05, 3.63) is 10.5 Å². The summed E-state index contributed by atoms with van der Waals surface area (Å²) in [4.78, 5) is 6.79. The molecule has 1 aliphatic carbocycles. The number of hydrogen-bond donors (Lipinski definition) is 0. The van der Waals surface area contributed by atoms with Crippen molar-refractivity contribution in [2.75, 3.05) is 18.0 Å². The van der Waals surface area contributed by atoms with E-state index in [-0.39, 0.29) is 0 Å². The predicted octanol–water partition coefficient (Wildman–Crippen LogP) is 3.42. The largest absolute Gasteiger partial charge is 0.347 e. The van der Waals surface area contributed by atoms with Gasteiger partial charge in [0, 0.05) is 18.5 Å². The van der Waals surface area contributed by atoms with E-state index in [0.717, 1.165) is 17.0 Å². The standard InChI is InChI=1S/C11H15ClN2S/c12-10-7-15-11(13-10)14-5-8-3-1-2-4-9(8)6-14/h7-9H,1-6H2. The lowest BCUT2D eigenvalue weighted by molar-refractivity contribution is 0.299. The zero-order chi connectivity index (χ0) is 10.3. The lowest BCUT2D eigenvalue weighted by Gasteiger charge is -2.22. The summed E-state index contributed by atoms with van der Waals surface area (Å²) < 4.78 is 0.